The van der Waals surface area contributed by atoms with E-state index in [1.165, 1.54) is 6.92 Å². The standard InChI is InChI=1S/C21H32F6O2/c1-13(2)8-9-14(3)15(4)10-11-16(5)20(23,24)28-17(6)12-19(22)18(7)29-21(25,26)27/h12-16H,6-11H2,1-5H3/b19-12+. The molecule has 0 aromatic heterocycles. The molecule has 3 atom stereocenters. The van der Waals surface area contributed by atoms with Crippen LogP contribution in [-0.4, -0.2) is 12.5 Å². The van der Waals surface area contributed by atoms with Crippen molar-refractivity contribution in [3.8, 4) is 0 Å². The van der Waals surface area contributed by atoms with Crippen LogP contribution in [0.4, 0.5) is 26.3 Å². The second-order valence-corrected chi connectivity index (χ2v) is 8.00. The van der Waals surface area contributed by atoms with Crippen LogP contribution in [0.15, 0.2) is 36.6 Å². The number of halogens is 6. The number of alkyl halides is 5. The van der Waals surface area contributed by atoms with Crippen LogP contribution in [0.2, 0.25) is 0 Å². The van der Waals surface area contributed by atoms with E-state index in [0.717, 1.165) is 12.8 Å². The Balaban J connectivity index is 4.69. The second-order valence-electron chi connectivity index (χ2n) is 8.00. The van der Waals surface area contributed by atoms with Crippen molar-refractivity contribution >= 4 is 0 Å². The van der Waals surface area contributed by atoms with Crippen molar-refractivity contribution in [1.82, 2.24) is 0 Å². The van der Waals surface area contributed by atoms with Crippen LogP contribution in [0.25, 0.3) is 0 Å². The molecule has 0 aliphatic rings. The molecule has 0 radical (unpaired) electrons. The molecule has 0 spiro atoms. The van der Waals surface area contributed by atoms with Gasteiger partial charge in [-0.3, -0.25) is 0 Å². The molecule has 0 N–H and O–H groups in total. The smallest absolute Gasteiger partial charge is 0.433 e. The minimum atomic E-state index is -5.15. The van der Waals surface area contributed by atoms with Crippen molar-refractivity contribution in [3.05, 3.63) is 36.6 Å². The highest BCUT2D eigenvalue weighted by Crippen LogP contribution is 2.35. The van der Waals surface area contributed by atoms with Crippen molar-refractivity contribution < 1.29 is 35.8 Å². The average Bonchev–Trinajstić information content (AvgIpc) is 2.54. The van der Waals surface area contributed by atoms with Crippen LogP contribution in [0.5, 0.6) is 0 Å². The van der Waals surface area contributed by atoms with Gasteiger partial charge in [0.2, 0.25) is 0 Å². The van der Waals surface area contributed by atoms with E-state index in [4.69, 9.17) is 0 Å². The van der Waals surface area contributed by atoms with Crippen molar-refractivity contribution in [3.63, 3.8) is 0 Å². The Labute approximate surface area is 169 Å². The first-order chi connectivity index (χ1) is 13.0. The van der Waals surface area contributed by atoms with Crippen molar-refractivity contribution in [2.24, 2.45) is 23.7 Å². The third kappa shape index (κ3) is 11.9. The van der Waals surface area contributed by atoms with E-state index in [1.807, 2.05) is 6.92 Å². The molecule has 2 nitrogen and oxygen atoms in total. The zero-order valence-corrected chi connectivity index (χ0v) is 17.7. The summed E-state index contributed by atoms with van der Waals surface area (Å²) < 4.78 is 85.8. The maximum absolute atomic E-state index is 14.2. The van der Waals surface area contributed by atoms with Crippen LogP contribution < -0.4 is 0 Å². The topological polar surface area (TPSA) is 18.5 Å². The average molecular weight is 430 g/mol. The van der Waals surface area contributed by atoms with E-state index in [2.05, 4.69) is 43.4 Å². The van der Waals surface area contributed by atoms with Crippen molar-refractivity contribution in [2.75, 3.05) is 0 Å². The Kier molecular flexibility index (Phi) is 10.9. The molecule has 0 aliphatic carbocycles. The van der Waals surface area contributed by atoms with Crippen LogP contribution in [0, 0.1) is 23.7 Å². The minimum absolute atomic E-state index is 0.170. The zero-order valence-electron chi connectivity index (χ0n) is 17.7. The molecule has 0 heterocycles. The molecule has 3 unspecified atom stereocenters. The molecule has 0 bridgehead atoms. The van der Waals surface area contributed by atoms with Gasteiger partial charge in [0.15, 0.2) is 11.6 Å². The Bertz CT molecular complexity index is 566. The fourth-order valence-electron chi connectivity index (χ4n) is 2.56. The molecule has 0 saturated heterocycles. The van der Waals surface area contributed by atoms with Crippen LogP contribution >= 0.6 is 0 Å². The lowest BCUT2D eigenvalue weighted by Crippen LogP contribution is -2.29. The molecule has 0 rings (SSSR count). The van der Waals surface area contributed by atoms with Gasteiger partial charge in [0.1, 0.15) is 5.76 Å². The Morgan fingerprint density at radius 2 is 1.31 bits per heavy atom. The molecular weight excluding hydrogens is 398 g/mol. The fourth-order valence-corrected chi connectivity index (χ4v) is 2.56. The summed E-state index contributed by atoms with van der Waals surface area (Å²) in [6, 6.07) is 0. The highest BCUT2D eigenvalue weighted by atomic mass is 19.4. The fraction of sp³-hybridized carbons (Fsp3) is 0.714. The molecule has 170 valence electrons. The summed E-state index contributed by atoms with van der Waals surface area (Å²) >= 11 is 0. The Morgan fingerprint density at radius 3 is 1.76 bits per heavy atom. The van der Waals surface area contributed by atoms with Crippen LogP contribution in [0.1, 0.15) is 60.3 Å². The predicted octanol–water partition coefficient (Wildman–Crippen LogP) is 8.14. The zero-order chi connectivity index (χ0) is 23.0. The maximum atomic E-state index is 14.2. The first kappa shape index (κ1) is 27.4. The minimum Gasteiger partial charge on any atom is -0.433 e. The monoisotopic (exact) mass is 430 g/mol. The predicted molar refractivity (Wildman–Crippen MR) is 101 cm³/mol. The van der Waals surface area contributed by atoms with Gasteiger partial charge >= 0.3 is 12.5 Å². The van der Waals surface area contributed by atoms with Gasteiger partial charge in [-0.25, -0.2) is 4.39 Å². The number of allylic oxidation sites excluding steroid dienone is 2. The van der Waals surface area contributed by atoms with Gasteiger partial charge in [0.05, 0.1) is 5.92 Å². The first-order valence-electron chi connectivity index (χ1n) is 9.63. The summed E-state index contributed by atoms with van der Waals surface area (Å²) in [4.78, 5) is 0. The van der Waals surface area contributed by atoms with Gasteiger partial charge in [-0.15, -0.1) is 13.2 Å². The van der Waals surface area contributed by atoms with E-state index < -0.39 is 35.7 Å². The van der Waals surface area contributed by atoms with Crippen molar-refractivity contribution in [1.29, 1.82) is 0 Å². The lowest BCUT2D eigenvalue weighted by atomic mass is 9.84. The summed E-state index contributed by atoms with van der Waals surface area (Å²) in [6.45, 7) is 15.5. The van der Waals surface area contributed by atoms with E-state index in [9.17, 15) is 26.3 Å². The van der Waals surface area contributed by atoms with Gasteiger partial charge in [-0.05, 0) is 30.6 Å². The number of rotatable bonds is 13. The molecule has 0 saturated carbocycles. The Morgan fingerprint density at radius 1 is 0.828 bits per heavy atom. The Hall–Kier alpha value is -1.60. The summed E-state index contributed by atoms with van der Waals surface area (Å²) in [7, 11) is 0. The molecule has 0 aromatic rings. The van der Waals surface area contributed by atoms with E-state index in [0.29, 0.717) is 18.3 Å². The number of hydrogen-bond donors (Lipinski definition) is 0. The molecular formula is C21H32F6O2. The quantitative estimate of drug-likeness (QED) is 0.167. The van der Waals surface area contributed by atoms with Crippen molar-refractivity contribution in [2.45, 2.75) is 72.8 Å². The van der Waals surface area contributed by atoms with E-state index in [-0.39, 0.29) is 18.4 Å². The SMILES string of the molecule is C=C(/C=C(/F)C(=C)OC(F)(F)F)OC(F)(F)C(C)CCC(C)C(C)CCC(C)C. The van der Waals surface area contributed by atoms with Gasteiger partial charge in [0, 0.05) is 6.08 Å². The highest BCUT2D eigenvalue weighted by molar-refractivity contribution is 5.23. The second kappa shape index (κ2) is 11.6. The first-order valence-corrected chi connectivity index (χ1v) is 9.63. The van der Waals surface area contributed by atoms with Crippen LogP contribution in [0.3, 0.4) is 0 Å². The summed E-state index contributed by atoms with van der Waals surface area (Å²) in [5.41, 5.74) is 0. The van der Waals surface area contributed by atoms with Gasteiger partial charge in [-0.2, -0.15) is 8.78 Å². The molecule has 0 aromatic carbocycles. The third-order valence-corrected chi connectivity index (χ3v) is 4.86. The normalized spacial score (nSPS) is 16.3. The maximum Gasteiger partial charge on any atom is 0.573 e. The van der Waals surface area contributed by atoms with Gasteiger partial charge < -0.3 is 9.47 Å². The largest absolute Gasteiger partial charge is 0.573 e. The molecule has 0 aliphatic heterocycles. The highest BCUT2D eigenvalue weighted by Gasteiger charge is 2.39. The summed E-state index contributed by atoms with van der Waals surface area (Å²) in [5, 5.41) is 0. The molecule has 29 heavy (non-hydrogen) atoms. The molecule has 8 heteroatoms. The lowest BCUT2D eigenvalue weighted by molar-refractivity contribution is -0.304. The summed E-state index contributed by atoms with van der Waals surface area (Å²) in [5.74, 6) is -3.78. The molecule has 0 amide bonds. The van der Waals surface area contributed by atoms with Crippen LogP contribution in [-0.2, 0) is 9.47 Å². The summed E-state index contributed by atoms with van der Waals surface area (Å²) in [6.07, 6.45) is -5.69. The van der Waals surface area contributed by atoms with E-state index in [1.54, 1.807) is 0 Å². The van der Waals surface area contributed by atoms with E-state index >= 15 is 0 Å². The number of hydrogen-bond acceptors (Lipinski definition) is 2. The van der Waals surface area contributed by atoms with Gasteiger partial charge in [0.25, 0.3) is 0 Å². The number of ether oxygens (including phenoxy) is 2. The third-order valence-electron chi connectivity index (χ3n) is 4.86. The molecule has 0 fully saturated rings. The van der Waals surface area contributed by atoms with Gasteiger partial charge in [-0.1, -0.05) is 60.6 Å². The lowest BCUT2D eigenvalue weighted by Gasteiger charge is -2.27.